The molecule has 3 aromatic rings. The van der Waals surface area contributed by atoms with Gasteiger partial charge in [-0.05, 0) is 96.3 Å². The van der Waals surface area contributed by atoms with Crippen LogP contribution in [-0.4, -0.2) is 18.1 Å². The Morgan fingerprint density at radius 2 is 1.89 bits per heavy atom. The number of hydrogen-bond donors (Lipinski definition) is 1. The van der Waals surface area contributed by atoms with Crippen molar-refractivity contribution in [2.75, 3.05) is 13.0 Å². The van der Waals surface area contributed by atoms with Crippen LogP contribution in [0.1, 0.15) is 72.1 Å². The highest BCUT2D eigenvalue weighted by molar-refractivity contribution is 9.10. The van der Waals surface area contributed by atoms with Gasteiger partial charge in [0.2, 0.25) is 0 Å². The molecular formula is C29H34BrO5P. The van der Waals surface area contributed by atoms with Gasteiger partial charge in [0.25, 0.3) is 0 Å². The number of halogens is 1. The summed E-state index contributed by atoms with van der Waals surface area (Å²) in [6.07, 6.45) is 1.96. The quantitative estimate of drug-likeness (QED) is 0.274. The number of aromatic hydroxyl groups is 1. The summed E-state index contributed by atoms with van der Waals surface area (Å²) in [4.78, 5) is 0. The second kappa shape index (κ2) is 11.5. The maximum atomic E-state index is 13.3. The van der Waals surface area contributed by atoms with Crippen molar-refractivity contribution in [1.29, 1.82) is 0 Å². The first-order chi connectivity index (χ1) is 17.2. The predicted octanol–water partition coefficient (Wildman–Crippen LogP) is 8.58. The fourth-order valence-corrected chi connectivity index (χ4v) is 6.50. The summed E-state index contributed by atoms with van der Waals surface area (Å²) in [6, 6.07) is 17.7. The van der Waals surface area contributed by atoms with Gasteiger partial charge < -0.3 is 14.4 Å². The second-order valence-corrected chi connectivity index (χ2v) is 12.4. The molecule has 1 heterocycles. The van der Waals surface area contributed by atoms with Gasteiger partial charge in [0, 0.05) is 10.9 Å². The monoisotopic (exact) mass is 572 g/mol. The molecule has 36 heavy (non-hydrogen) atoms. The molecule has 0 amide bonds. The average Bonchev–Trinajstić information content (AvgIpc) is 2.85. The first-order valence-electron chi connectivity index (χ1n) is 12.4. The van der Waals surface area contributed by atoms with Crippen molar-refractivity contribution in [2.24, 2.45) is 0 Å². The third-order valence-electron chi connectivity index (χ3n) is 6.85. The van der Waals surface area contributed by atoms with E-state index in [9.17, 15) is 9.67 Å². The molecule has 0 bridgehead atoms. The molecule has 1 aliphatic heterocycles. The lowest BCUT2D eigenvalue weighted by Crippen LogP contribution is -2.17. The van der Waals surface area contributed by atoms with E-state index < -0.39 is 7.60 Å². The predicted molar refractivity (Wildman–Crippen MR) is 147 cm³/mol. The summed E-state index contributed by atoms with van der Waals surface area (Å²) in [5, 5.41) is 10.3. The number of ether oxygens (including phenoxy) is 1. The van der Waals surface area contributed by atoms with Crippen LogP contribution >= 0.6 is 23.5 Å². The van der Waals surface area contributed by atoms with Crippen molar-refractivity contribution in [3.63, 3.8) is 0 Å². The van der Waals surface area contributed by atoms with Gasteiger partial charge in [0.15, 0.2) is 6.35 Å². The van der Waals surface area contributed by atoms with Gasteiger partial charge in [0.05, 0.1) is 12.7 Å². The Balaban J connectivity index is 1.45. The molecule has 5 nitrogen and oxygen atoms in total. The Hall–Kier alpha value is -2.11. The molecule has 7 heteroatoms. The van der Waals surface area contributed by atoms with E-state index in [2.05, 4.69) is 49.7 Å². The van der Waals surface area contributed by atoms with E-state index in [1.807, 2.05) is 42.5 Å². The Kier molecular flexibility index (Phi) is 8.62. The van der Waals surface area contributed by atoms with Crippen LogP contribution in [0.3, 0.4) is 0 Å². The van der Waals surface area contributed by atoms with Crippen molar-refractivity contribution in [3.8, 4) is 11.5 Å². The average molecular weight is 573 g/mol. The summed E-state index contributed by atoms with van der Waals surface area (Å²) in [5.74, 6) is 1.30. The smallest absolute Gasteiger partial charge is 0.368 e. The van der Waals surface area contributed by atoms with Crippen molar-refractivity contribution >= 4 is 23.5 Å². The van der Waals surface area contributed by atoms with E-state index in [0.29, 0.717) is 30.4 Å². The maximum absolute atomic E-state index is 13.3. The summed E-state index contributed by atoms with van der Waals surface area (Å²) >= 11 is 3.48. The van der Waals surface area contributed by atoms with Crippen LogP contribution in [0.5, 0.6) is 11.5 Å². The molecule has 3 atom stereocenters. The molecule has 1 N–H and O–H groups in total. The lowest BCUT2D eigenvalue weighted by atomic mass is 9.91. The Bertz CT molecular complexity index is 1250. The second-order valence-electron chi connectivity index (χ2n) is 9.57. The summed E-state index contributed by atoms with van der Waals surface area (Å²) in [6.45, 7) is 8.74. The number of benzene rings is 3. The molecule has 3 aromatic carbocycles. The zero-order chi connectivity index (χ0) is 25.9. The third-order valence-corrected chi connectivity index (χ3v) is 8.94. The van der Waals surface area contributed by atoms with Crippen LogP contribution in [0, 0.1) is 13.8 Å². The minimum atomic E-state index is -3.40. The Morgan fingerprint density at radius 3 is 2.58 bits per heavy atom. The molecule has 1 aliphatic rings. The fraction of sp³-hybridized carbons (Fsp3) is 0.379. The number of aryl methyl sites for hydroxylation is 2. The van der Waals surface area contributed by atoms with Crippen LogP contribution in [0.4, 0.5) is 0 Å². The van der Waals surface area contributed by atoms with E-state index in [1.165, 1.54) is 5.56 Å². The molecular weight excluding hydrogens is 539 g/mol. The van der Waals surface area contributed by atoms with Crippen LogP contribution in [0.2, 0.25) is 0 Å². The van der Waals surface area contributed by atoms with Gasteiger partial charge in [-0.3, -0.25) is 9.09 Å². The Morgan fingerprint density at radius 1 is 1.14 bits per heavy atom. The van der Waals surface area contributed by atoms with Crippen molar-refractivity contribution < 1.29 is 23.5 Å². The van der Waals surface area contributed by atoms with Gasteiger partial charge in [-0.1, -0.05) is 54.0 Å². The topological polar surface area (TPSA) is 65.0 Å². The van der Waals surface area contributed by atoms with Gasteiger partial charge in [0.1, 0.15) is 11.5 Å². The normalized spacial score (nSPS) is 20.8. The fourth-order valence-electron chi connectivity index (χ4n) is 4.58. The van der Waals surface area contributed by atoms with Crippen molar-refractivity contribution in [2.45, 2.75) is 59.0 Å². The zero-order valence-corrected chi connectivity index (χ0v) is 23.8. The molecule has 1 fully saturated rings. The van der Waals surface area contributed by atoms with Crippen LogP contribution in [0.25, 0.3) is 0 Å². The molecule has 0 radical (unpaired) electrons. The molecule has 192 valence electrons. The van der Waals surface area contributed by atoms with Crippen LogP contribution in [-0.2, 0) is 20.0 Å². The van der Waals surface area contributed by atoms with Gasteiger partial charge in [-0.25, -0.2) is 0 Å². The largest absolute Gasteiger partial charge is 0.508 e. The summed E-state index contributed by atoms with van der Waals surface area (Å²) < 4.78 is 31.7. The highest BCUT2D eigenvalue weighted by Gasteiger charge is 2.35. The molecule has 0 saturated carbocycles. The SMILES string of the molecule is CCC(C)c1cc(Cc2c(C)cc(OCP3(=O)OCC[C@@H](c4cccc(Br)c4)O3)cc2C)ccc1O. The first-order valence-corrected chi connectivity index (χ1v) is 14.9. The third kappa shape index (κ3) is 6.41. The van der Waals surface area contributed by atoms with E-state index in [-0.39, 0.29) is 12.5 Å². The first kappa shape index (κ1) is 26.9. The van der Waals surface area contributed by atoms with Gasteiger partial charge in [-0.2, -0.15) is 0 Å². The zero-order valence-electron chi connectivity index (χ0n) is 21.3. The molecule has 2 unspecified atom stereocenters. The maximum Gasteiger partial charge on any atom is 0.368 e. The van der Waals surface area contributed by atoms with E-state index >= 15 is 0 Å². The molecule has 0 spiro atoms. The van der Waals surface area contributed by atoms with Crippen molar-refractivity contribution in [1.82, 2.24) is 0 Å². The van der Waals surface area contributed by atoms with Gasteiger partial charge in [-0.15, -0.1) is 0 Å². The highest BCUT2D eigenvalue weighted by atomic mass is 79.9. The minimum Gasteiger partial charge on any atom is -0.508 e. The van der Waals surface area contributed by atoms with Crippen LogP contribution in [0.15, 0.2) is 59.1 Å². The molecule has 4 rings (SSSR count). The Labute approximate surface area is 222 Å². The standard InChI is InChI=1S/C29H34BrO5P/c1-5-19(2)27-16-22(9-10-28(27)31)15-26-20(3)13-25(14-21(26)4)33-18-36(32)34-12-11-29(35-36)23-7-6-8-24(30)17-23/h6-10,13-14,16-17,19,29,31H,5,11-12,15,18H2,1-4H3/t19?,29-,36?/m0/s1. The summed E-state index contributed by atoms with van der Waals surface area (Å²) in [5.41, 5.74) is 6.53. The summed E-state index contributed by atoms with van der Waals surface area (Å²) in [7, 11) is -3.40. The lowest BCUT2D eigenvalue weighted by molar-refractivity contribution is 0.0725. The van der Waals surface area contributed by atoms with Crippen LogP contribution < -0.4 is 4.74 Å². The van der Waals surface area contributed by atoms with Gasteiger partial charge >= 0.3 is 7.60 Å². The molecule has 0 aromatic heterocycles. The number of hydrogen-bond acceptors (Lipinski definition) is 5. The highest BCUT2D eigenvalue weighted by Crippen LogP contribution is 2.56. The lowest BCUT2D eigenvalue weighted by Gasteiger charge is -2.30. The number of phenols is 1. The molecule has 0 aliphatic carbocycles. The minimum absolute atomic E-state index is 0.133. The molecule has 1 saturated heterocycles. The van der Waals surface area contributed by atoms with E-state index in [0.717, 1.165) is 45.1 Å². The number of rotatable bonds is 8. The van der Waals surface area contributed by atoms with Crippen molar-refractivity contribution in [3.05, 3.63) is 92.5 Å². The van der Waals surface area contributed by atoms with E-state index in [1.54, 1.807) is 6.07 Å². The van der Waals surface area contributed by atoms with E-state index in [4.69, 9.17) is 13.8 Å². The number of phenolic OH excluding ortho intramolecular Hbond substituents is 1.